The van der Waals surface area contributed by atoms with Gasteiger partial charge in [-0.15, -0.1) is 0 Å². The summed E-state index contributed by atoms with van der Waals surface area (Å²) >= 11 is 0. The molecule has 1 aliphatic carbocycles. The van der Waals surface area contributed by atoms with Gasteiger partial charge >= 0.3 is 5.97 Å². The van der Waals surface area contributed by atoms with Crippen molar-refractivity contribution in [2.24, 2.45) is 0 Å². The lowest BCUT2D eigenvalue weighted by Crippen LogP contribution is -2.49. The molecule has 2 fully saturated rings. The van der Waals surface area contributed by atoms with E-state index >= 15 is 0 Å². The van der Waals surface area contributed by atoms with Crippen LogP contribution in [-0.2, 0) is 9.59 Å². The molecule has 5 heteroatoms. The molecule has 1 N–H and O–H groups in total. The molecule has 1 unspecified atom stereocenters. The lowest BCUT2D eigenvalue weighted by Gasteiger charge is -2.40. The number of likely N-dealkylation sites (tertiary alicyclic amines) is 1. The topological polar surface area (TPSA) is 66.8 Å². The number of methoxy groups -OCH3 is 1. The minimum atomic E-state index is -0.932. The van der Waals surface area contributed by atoms with E-state index in [9.17, 15) is 14.7 Å². The number of ether oxygens (including phenoxy) is 1. The summed E-state index contributed by atoms with van der Waals surface area (Å²) in [5.41, 5.74) is 0.687. The number of aliphatic carboxylic acids is 1. The summed E-state index contributed by atoms with van der Waals surface area (Å²) in [4.78, 5) is 25.8. The predicted octanol–water partition coefficient (Wildman–Crippen LogP) is 2.80. The third-order valence-corrected chi connectivity index (χ3v) is 5.32. The average Bonchev–Trinajstić information content (AvgIpc) is 2.81. The summed E-state index contributed by atoms with van der Waals surface area (Å²) in [6.45, 7) is -0.189. The summed E-state index contributed by atoms with van der Waals surface area (Å²) in [6, 6.07) is 7.55. The summed E-state index contributed by atoms with van der Waals surface area (Å²) < 4.78 is 5.17. The first-order valence-corrected chi connectivity index (χ1v) is 8.23. The maximum absolute atomic E-state index is 12.9. The molecule has 1 saturated heterocycles. The minimum absolute atomic E-state index is 0.0422. The van der Waals surface area contributed by atoms with Crippen molar-refractivity contribution in [1.29, 1.82) is 0 Å². The summed E-state index contributed by atoms with van der Waals surface area (Å²) in [5.74, 6) is -0.453. The van der Waals surface area contributed by atoms with Gasteiger partial charge in [0.25, 0.3) is 0 Å². The largest absolute Gasteiger partial charge is 0.497 e. The van der Waals surface area contributed by atoms with Crippen molar-refractivity contribution in [3.05, 3.63) is 29.8 Å². The molecular formula is C18H23NO4. The van der Waals surface area contributed by atoms with E-state index in [1.165, 1.54) is 6.42 Å². The lowest BCUT2D eigenvalue weighted by atomic mass is 9.77. The number of nitrogens with zero attached hydrogens (tertiary/aromatic N) is 1. The van der Waals surface area contributed by atoms with Crippen LogP contribution in [0.2, 0.25) is 0 Å². The van der Waals surface area contributed by atoms with E-state index in [-0.39, 0.29) is 23.9 Å². The highest BCUT2D eigenvalue weighted by Crippen LogP contribution is 2.47. The summed E-state index contributed by atoms with van der Waals surface area (Å²) in [5, 5.41) is 9.22. The van der Waals surface area contributed by atoms with E-state index < -0.39 is 5.97 Å². The van der Waals surface area contributed by atoms with Crippen molar-refractivity contribution >= 4 is 11.9 Å². The molecule has 0 radical (unpaired) electrons. The predicted molar refractivity (Wildman–Crippen MR) is 85.5 cm³/mol. The van der Waals surface area contributed by atoms with Gasteiger partial charge in [-0.2, -0.15) is 0 Å². The zero-order valence-electron chi connectivity index (χ0n) is 13.5. The summed E-state index contributed by atoms with van der Waals surface area (Å²) in [7, 11) is 1.61. The molecular weight excluding hydrogens is 294 g/mol. The molecule has 0 aromatic heterocycles. The van der Waals surface area contributed by atoms with Crippen LogP contribution in [0.3, 0.4) is 0 Å². The van der Waals surface area contributed by atoms with E-state index in [2.05, 4.69) is 0 Å². The number of benzene rings is 1. The van der Waals surface area contributed by atoms with Gasteiger partial charge in [-0.1, -0.05) is 31.4 Å². The molecule has 1 aromatic carbocycles. The molecule has 3 rings (SSSR count). The van der Waals surface area contributed by atoms with Crippen molar-refractivity contribution < 1.29 is 19.4 Å². The Morgan fingerprint density at radius 3 is 2.48 bits per heavy atom. The molecule has 124 valence electrons. The van der Waals surface area contributed by atoms with Crippen LogP contribution in [0, 0.1) is 0 Å². The van der Waals surface area contributed by atoms with E-state index in [0.29, 0.717) is 0 Å². The van der Waals surface area contributed by atoms with Crippen LogP contribution < -0.4 is 4.74 Å². The van der Waals surface area contributed by atoms with Gasteiger partial charge in [-0.05, 0) is 37.0 Å². The molecule has 1 spiro atoms. The Bertz CT molecular complexity index is 590. The summed E-state index contributed by atoms with van der Waals surface area (Å²) in [6.07, 6.45) is 5.87. The smallest absolute Gasteiger partial charge is 0.323 e. The van der Waals surface area contributed by atoms with Crippen molar-refractivity contribution in [3.8, 4) is 5.75 Å². The Morgan fingerprint density at radius 2 is 1.91 bits per heavy atom. The number of hydrogen-bond donors (Lipinski definition) is 1. The molecule has 1 aromatic rings. The number of carboxylic acids is 1. The zero-order valence-corrected chi connectivity index (χ0v) is 13.5. The van der Waals surface area contributed by atoms with Crippen LogP contribution in [0.25, 0.3) is 0 Å². The van der Waals surface area contributed by atoms with Crippen LogP contribution in [0.1, 0.15) is 50.0 Å². The highest BCUT2D eigenvalue weighted by molar-refractivity contribution is 5.90. The molecule has 1 heterocycles. The van der Waals surface area contributed by atoms with Gasteiger partial charge < -0.3 is 14.7 Å². The van der Waals surface area contributed by atoms with Crippen LogP contribution >= 0.6 is 0 Å². The number of rotatable bonds is 4. The third-order valence-electron chi connectivity index (χ3n) is 5.32. The fourth-order valence-electron chi connectivity index (χ4n) is 4.16. The standard InChI is InChI=1S/C18H23NO4/c1-23-14-7-5-13(6-8-14)15-11-18(9-3-2-4-10-18)19(17(15)22)12-16(20)21/h5-8,15H,2-4,9-12H2,1H3,(H,20,21). The zero-order chi connectivity index (χ0) is 16.4. The van der Waals surface area contributed by atoms with Gasteiger partial charge in [0, 0.05) is 5.54 Å². The Labute approximate surface area is 136 Å². The number of carbonyl (C=O) groups excluding carboxylic acids is 1. The van der Waals surface area contributed by atoms with Crippen molar-refractivity contribution in [2.75, 3.05) is 13.7 Å². The van der Waals surface area contributed by atoms with E-state index in [1.807, 2.05) is 24.3 Å². The van der Waals surface area contributed by atoms with Crippen molar-refractivity contribution in [1.82, 2.24) is 4.90 Å². The fourth-order valence-corrected chi connectivity index (χ4v) is 4.16. The molecule has 1 amide bonds. The first-order valence-electron chi connectivity index (χ1n) is 8.23. The van der Waals surface area contributed by atoms with Crippen LogP contribution in [0.4, 0.5) is 0 Å². The van der Waals surface area contributed by atoms with Crippen LogP contribution in [0.5, 0.6) is 5.75 Å². The van der Waals surface area contributed by atoms with E-state index in [0.717, 1.165) is 43.4 Å². The monoisotopic (exact) mass is 317 g/mol. The van der Waals surface area contributed by atoms with Gasteiger partial charge in [0.2, 0.25) is 5.91 Å². The fraction of sp³-hybridized carbons (Fsp3) is 0.556. The Hall–Kier alpha value is -2.04. The normalized spacial score (nSPS) is 23.3. The highest BCUT2D eigenvalue weighted by atomic mass is 16.5. The van der Waals surface area contributed by atoms with Crippen LogP contribution in [0.15, 0.2) is 24.3 Å². The second kappa shape index (κ2) is 6.22. The maximum atomic E-state index is 12.9. The Kier molecular flexibility index (Phi) is 4.28. The number of amides is 1. The Balaban J connectivity index is 1.90. The SMILES string of the molecule is COc1ccc(C2CC3(CCCCC3)N(CC(=O)O)C2=O)cc1. The van der Waals surface area contributed by atoms with E-state index in [4.69, 9.17) is 4.74 Å². The molecule has 1 atom stereocenters. The molecule has 0 bridgehead atoms. The first kappa shape index (κ1) is 15.8. The number of carbonyl (C=O) groups is 2. The second-order valence-electron chi connectivity index (χ2n) is 6.63. The van der Waals surface area contributed by atoms with Gasteiger partial charge in [0.15, 0.2) is 0 Å². The van der Waals surface area contributed by atoms with Gasteiger partial charge in [-0.3, -0.25) is 9.59 Å². The lowest BCUT2D eigenvalue weighted by molar-refractivity contribution is -0.146. The number of hydrogen-bond acceptors (Lipinski definition) is 3. The second-order valence-corrected chi connectivity index (χ2v) is 6.63. The quantitative estimate of drug-likeness (QED) is 0.927. The third kappa shape index (κ3) is 2.92. The molecule has 5 nitrogen and oxygen atoms in total. The first-order chi connectivity index (χ1) is 11.1. The molecule has 1 saturated carbocycles. The van der Waals surface area contributed by atoms with Gasteiger partial charge in [0.1, 0.15) is 12.3 Å². The molecule has 1 aliphatic heterocycles. The van der Waals surface area contributed by atoms with Crippen LogP contribution in [-0.4, -0.2) is 41.1 Å². The van der Waals surface area contributed by atoms with Gasteiger partial charge in [-0.25, -0.2) is 0 Å². The molecule has 23 heavy (non-hydrogen) atoms. The Morgan fingerprint density at radius 1 is 1.26 bits per heavy atom. The van der Waals surface area contributed by atoms with Crippen molar-refractivity contribution in [2.45, 2.75) is 50.0 Å². The maximum Gasteiger partial charge on any atom is 0.323 e. The van der Waals surface area contributed by atoms with E-state index in [1.54, 1.807) is 12.0 Å². The highest BCUT2D eigenvalue weighted by Gasteiger charge is 2.51. The minimum Gasteiger partial charge on any atom is -0.497 e. The van der Waals surface area contributed by atoms with Crippen molar-refractivity contribution in [3.63, 3.8) is 0 Å². The number of carboxylic acid groups (broad SMARTS) is 1. The average molecular weight is 317 g/mol. The molecule has 2 aliphatic rings. The van der Waals surface area contributed by atoms with Gasteiger partial charge in [0.05, 0.1) is 13.0 Å².